The number of benzene rings is 8. The number of rotatable bonds is 5. The molecule has 10 aromatic rings. The molecule has 0 unspecified atom stereocenters. The van der Waals surface area contributed by atoms with E-state index < -0.39 is 0 Å². The number of fused-ring (bicyclic) bond motifs is 7. The van der Waals surface area contributed by atoms with Gasteiger partial charge in [-0.25, -0.2) is 4.98 Å². The molecule has 0 radical (unpaired) electrons. The maximum Gasteiger partial charge on any atom is 0.238 e. The molecule has 12 rings (SSSR count). The fraction of sp³-hybridized carbons (Fsp3) is 0.105. The van der Waals surface area contributed by atoms with Gasteiger partial charge in [0.25, 0.3) is 0 Å². The van der Waals surface area contributed by atoms with E-state index in [0.29, 0.717) is 17.6 Å². The van der Waals surface area contributed by atoms with Crippen molar-refractivity contribution in [2.75, 3.05) is 9.80 Å². The summed E-state index contributed by atoms with van der Waals surface area (Å²) in [5.41, 5.74) is 15.1. The molecule has 0 saturated carbocycles. The number of aromatic nitrogens is 4. The number of anilines is 6. The summed E-state index contributed by atoms with van der Waals surface area (Å²) < 4.78 is 2.20. The Labute approximate surface area is 367 Å². The van der Waals surface area contributed by atoms with Crippen LogP contribution in [0.25, 0.3) is 50.5 Å². The highest BCUT2D eigenvalue weighted by Gasteiger charge is 2.39. The van der Waals surface area contributed by atoms with Crippen LogP contribution in [0.3, 0.4) is 0 Å². The van der Waals surface area contributed by atoms with E-state index in [2.05, 4.69) is 236 Å². The molecule has 0 amide bonds. The van der Waals surface area contributed by atoms with E-state index in [1.807, 2.05) is 0 Å². The summed E-state index contributed by atoms with van der Waals surface area (Å²) in [6.07, 6.45) is 0. The van der Waals surface area contributed by atoms with Crippen LogP contribution in [0.15, 0.2) is 194 Å². The molecule has 0 bridgehead atoms. The fourth-order valence-electron chi connectivity index (χ4n) is 10.4. The maximum absolute atomic E-state index is 5.55. The minimum absolute atomic E-state index is 0.201. The van der Waals surface area contributed by atoms with Crippen LogP contribution >= 0.6 is 0 Å². The molecule has 6 nitrogen and oxygen atoms in total. The summed E-state index contributed by atoms with van der Waals surface area (Å²) in [5, 5.41) is 2.29. The van der Waals surface area contributed by atoms with Gasteiger partial charge in [-0.05, 0) is 82.9 Å². The molecule has 6 heteroatoms. The van der Waals surface area contributed by atoms with Crippen LogP contribution < -0.4 is 9.80 Å². The Kier molecular flexibility index (Phi) is 8.13. The van der Waals surface area contributed by atoms with Crippen molar-refractivity contribution in [1.82, 2.24) is 19.5 Å². The Morgan fingerprint density at radius 1 is 0.317 bits per heavy atom. The summed E-state index contributed by atoms with van der Waals surface area (Å²) >= 11 is 0. The average molecular weight is 813 g/mol. The van der Waals surface area contributed by atoms with Gasteiger partial charge in [-0.3, -0.25) is 4.57 Å². The van der Waals surface area contributed by atoms with Crippen molar-refractivity contribution in [1.29, 1.82) is 0 Å². The lowest BCUT2D eigenvalue weighted by Gasteiger charge is -2.42. The van der Waals surface area contributed by atoms with Crippen molar-refractivity contribution in [3.63, 3.8) is 0 Å². The summed E-state index contributed by atoms with van der Waals surface area (Å²) in [6.45, 7) is 9.28. The molecule has 63 heavy (non-hydrogen) atoms. The highest BCUT2D eigenvalue weighted by molar-refractivity contribution is 6.09. The van der Waals surface area contributed by atoms with E-state index in [1.54, 1.807) is 0 Å². The van der Waals surface area contributed by atoms with Gasteiger partial charge in [-0.1, -0.05) is 161 Å². The highest BCUT2D eigenvalue weighted by Crippen LogP contribution is 2.55. The Bertz CT molecular complexity index is 3130. The van der Waals surface area contributed by atoms with Crippen LogP contribution in [0, 0.1) is 0 Å². The molecular formula is C57H44N6. The van der Waals surface area contributed by atoms with Gasteiger partial charge in [0.05, 0.1) is 45.2 Å². The van der Waals surface area contributed by atoms with Gasteiger partial charge < -0.3 is 9.80 Å². The second-order valence-electron chi connectivity index (χ2n) is 17.7. The first-order chi connectivity index (χ1) is 30.8. The topological polar surface area (TPSA) is 50.1 Å². The van der Waals surface area contributed by atoms with E-state index >= 15 is 0 Å². The lowest BCUT2D eigenvalue weighted by atomic mass is 9.73. The van der Waals surface area contributed by atoms with Crippen LogP contribution in [0.1, 0.15) is 49.9 Å². The molecule has 8 aromatic carbocycles. The quantitative estimate of drug-likeness (QED) is 0.173. The molecule has 0 aliphatic carbocycles. The third-order valence-corrected chi connectivity index (χ3v) is 13.4. The smallest absolute Gasteiger partial charge is 0.238 e. The lowest BCUT2D eigenvalue weighted by molar-refractivity contribution is 0.632. The summed E-state index contributed by atoms with van der Waals surface area (Å²) in [5.74, 6) is 1.73. The fourth-order valence-corrected chi connectivity index (χ4v) is 10.4. The maximum atomic E-state index is 5.55. The van der Waals surface area contributed by atoms with E-state index in [0.717, 1.165) is 67.1 Å². The Morgan fingerprint density at radius 3 is 1.00 bits per heavy atom. The first-order valence-electron chi connectivity index (χ1n) is 21.7. The van der Waals surface area contributed by atoms with Crippen LogP contribution in [0.4, 0.5) is 34.1 Å². The molecule has 4 heterocycles. The lowest BCUT2D eigenvalue weighted by Crippen LogP contribution is -2.30. The van der Waals surface area contributed by atoms with Crippen LogP contribution in [0.5, 0.6) is 0 Å². The van der Waals surface area contributed by atoms with Gasteiger partial charge >= 0.3 is 0 Å². The van der Waals surface area contributed by atoms with Crippen molar-refractivity contribution in [3.8, 4) is 28.7 Å². The Balaban J connectivity index is 1.14. The normalized spacial score (nSPS) is 14.5. The van der Waals surface area contributed by atoms with Crippen molar-refractivity contribution >= 4 is 55.9 Å². The third-order valence-electron chi connectivity index (χ3n) is 13.4. The molecule has 2 aliphatic rings. The van der Waals surface area contributed by atoms with Crippen molar-refractivity contribution in [2.24, 2.45) is 0 Å². The van der Waals surface area contributed by atoms with Gasteiger partial charge in [-0.15, -0.1) is 0 Å². The summed E-state index contributed by atoms with van der Waals surface area (Å²) in [4.78, 5) is 21.3. The molecule has 302 valence electrons. The number of hydrogen-bond donors (Lipinski definition) is 0. The summed E-state index contributed by atoms with van der Waals surface area (Å²) in [6, 6.07) is 69.3. The van der Waals surface area contributed by atoms with Crippen LogP contribution in [-0.2, 0) is 10.8 Å². The largest absolute Gasteiger partial charge is 0.309 e. The third kappa shape index (κ3) is 5.47. The predicted octanol–water partition coefficient (Wildman–Crippen LogP) is 14.5. The first-order valence-corrected chi connectivity index (χ1v) is 21.7. The minimum atomic E-state index is -0.201. The van der Waals surface area contributed by atoms with Gasteiger partial charge in [0.1, 0.15) is 0 Å². The van der Waals surface area contributed by atoms with Gasteiger partial charge in [0.15, 0.2) is 11.6 Å². The summed E-state index contributed by atoms with van der Waals surface area (Å²) in [7, 11) is 0. The Hall–Kier alpha value is -7.83. The van der Waals surface area contributed by atoms with E-state index in [4.69, 9.17) is 15.0 Å². The molecule has 0 saturated heterocycles. The zero-order valence-corrected chi connectivity index (χ0v) is 35.7. The van der Waals surface area contributed by atoms with E-state index in [9.17, 15) is 0 Å². The molecule has 0 atom stereocenters. The predicted molar refractivity (Wildman–Crippen MR) is 259 cm³/mol. The van der Waals surface area contributed by atoms with Gasteiger partial charge in [-0.2, -0.15) is 9.97 Å². The second-order valence-corrected chi connectivity index (χ2v) is 17.7. The molecule has 2 aromatic heterocycles. The molecule has 2 aliphatic heterocycles. The Morgan fingerprint density at radius 2 is 0.619 bits per heavy atom. The zero-order valence-electron chi connectivity index (χ0n) is 35.7. The first kappa shape index (κ1) is 37.0. The second kappa shape index (κ2) is 13.8. The SMILES string of the molecule is CC1(C)c2ccccc2N(c2ccccc2-c2nc(-c3ccccc3N3c4ccccc4C(C)(C)c4ccccc43)nc(-n3c4ccccc4c4ccccc43)n2)c2ccccc21. The van der Waals surface area contributed by atoms with E-state index in [-0.39, 0.29) is 10.8 Å². The number of hydrogen-bond acceptors (Lipinski definition) is 5. The molecule has 0 N–H and O–H groups in total. The standard InChI is InChI=1S/C57H44N6/c1-56(2)41-25-9-17-33-49(41)61(50-34-18-10-26-42(50)56)47-31-15-7-23-39(47)53-58-54(60-55(59-53)63-45-29-13-5-21-37(45)38-22-6-14-30-46(38)63)40-24-8-16-32-48(40)62-51-35-19-11-27-43(51)57(3,4)44-28-12-20-36-52(44)62/h5-36H,1-4H3. The number of para-hydroxylation sites is 8. The monoisotopic (exact) mass is 812 g/mol. The highest BCUT2D eigenvalue weighted by atomic mass is 15.2. The minimum Gasteiger partial charge on any atom is -0.309 e. The molecule has 0 fully saturated rings. The van der Waals surface area contributed by atoms with E-state index in [1.165, 1.54) is 22.3 Å². The van der Waals surface area contributed by atoms with Crippen molar-refractivity contribution < 1.29 is 0 Å². The molecular weight excluding hydrogens is 769 g/mol. The number of nitrogens with zero attached hydrogens (tertiary/aromatic N) is 6. The zero-order chi connectivity index (χ0) is 42.5. The van der Waals surface area contributed by atoms with Crippen LogP contribution in [0.2, 0.25) is 0 Å². The van der Waals surface area contributed by atoms with Crippen molar-refractivity contribution in [2.45, 2.75) is 38.5 Å². The van der Waals surface area contributed by atoms with Gasteiger partial charge in [0.2, 0.25) is 5.95 Å². The van der Waals surface area contributed by atoms with Gasteiger partial charge in [0, 0.05) is 32.7 Å². The van der Waals surface area contributed by atoms with Crippen molar-refractivity contribution in [3.05, 3.63) is 216 Å². The average Bonchev–Trinajstić information content (AvgIpc) is 3.66. The molecule has 0 spiro atoms. The van der Waals surface area contributed by atoms with Crippen LogP contribution in [-0.4, -0.2) is 19.5 Å².